The molecule has 2 aromatic rings. The number of ether oxygens (including phenoxy) is 1. The summed E-state index contributed by atoms with van der Waals surface area (Å²) in [5.41, 5.74) is -1.69. The molecule has 0 aliphatic heterocycles. The SMILES string of the molecule is COc1cccc2c(=O)[n+](=O)c(=O)c12. The minimum absolute atomic E-state index is 0.0509. The quantitative estimate of drug-likeness (QED) is 0.563. The van der Waals surface area contributed by atoms with Gasteiger partial charge in [-0.15, -0.1) is 0 Å². The van der Waals surface area contributed by atoms with E-state index in [1.165, 1.54) is 19.2 Å². The minimum Gasteiger partial charge on any atom is -0.496 e. The fraction of sp³-hybridized carbons (Fsp3) is 0.111. The van der Waals surface area contributed by atoms with Crippen molar-refractivity contribution in [3.05, 3.63) is 43.8 Å². The van der Waals surface area contributed by atoms with E-state index in [0.29, 0.717) is 0 Å². The largest absolute Gasteiger partial charge is 0.496 e. The molecular weight excluding hydrogens is 186 g/mol. The van der Waals surface area contributed by atoms with Crippen LogP contribution in [0.5, 0.6) is 5.75 Å². The number of hydrogen-bond acceptors (Lipinski definition) is 4. The van der Waals surface area contributed by atoms with E-state index in [1.54, 1.807) is 6.07 Å². The molecule has 0 amide bonds. The van der Waals surface area contributed by atoms with Crippen LogP contribution in [0, 0.1) is 4.91 Å². The van der Waals surface area contributed by atoms with Gasteiger partial charge in [-0.05, 0) is 12.1 Å². The molecule has 0 radical (unpaired) electrons. The average molecular weight is 192 g/mol. The Labute approximate surface area is 77.5 Å². The molecule has 0 aliphatic carbocycles. The van der Waals surface area contributed by atoms with E-state index in [-0.39, 0.29) is 20.9 Å². The van der Waals surface area contributed by atoms with E-state index in [9.17, 15) is 14.5 Å². The van der Waals surface area contributed by atoms with Crippen molar-refractivity contribution in [2.75, 3.05) is 7.11 Å². The van der Waals surface area contributed by atoms with E-state index < -0.39 is 11.1 Å². The van der Waals surface area contributed by atoms with Gasteiger partial charge in [-0.2, -0.15) is 0 Å². The van der Waals surface area contributed by atoms with E-state index in [4.69, 9.17) is 4.74 Å². The van der Waals surface area contributed by atoms with Crippen molar-refractivity contribution in [3.63, 3.8) is 0 Å². The summed E-state index contributed by atoms with van der Waals surface area (Å²) in [6.07, 6.45) is 0. The van der Waals surface area contributed by atoms with Gasteiger partial charge in [0.1, 0.15) is 11.1 Å². The highest BCUT2D eigenvalue weighted by molar-refractivity contribution is 5.86. The molecule has 1 aromatic heterocycles. The molecule has 0 N–H and O–H groups in total. The Morgan fingerprint density at radius 1 is 1.21 bits per heavy atom. The third-order valence-electron chi connectivity index (χ3n) is 2.06. The third kappa shape index (κ3) is 0.891. The van der Waals surface area contributed by atoms with Crippen LogP contribution in [-0.2, 0) is 0 Å². The summed E-state index contributed by atoms with van der Waals surface area (Å²) in [6, 6.07) is 4.52. The lowest BCUT2D eigenvalue weighted by atomic mass is 10.2. The highest BCUT2D eigenvalue weighted by Crippen LogP contribution is 2.18. The van der Waals surface area contributed by atoms with Gasteiger partial charge in [0.25, 0.3) is 0 Å². The molecule has 2 rings (SSSR count). The zero-order chi connectivity index (χ0) is 10.3. The first kappa shape index (κ1) is 8.55. The van der Waals surface area contributed by atoms with Gasteiger partial charge in [0.05, 0.1) is 7.11 Å². The zero-order valence-electron chi connectivity index (χ0n) is 7.31. The van der Waals surface area contributed by atoms with Crippen molar-refractivity contribution >= 4 is 10.8 Å². The molecule has 0 atom stereocenters. The predicted molar refractivity (Wildman–Crippen MR) is 48.8 cm³/mol. The van der Waals surface area contributed by atoms with E-state index in [0.717, 1.165) is 0 Å². The number of nitrogens with zero attached hydrogens (tertiary/aromatic N) is 1. The number of hydrogen-bond donors (Lipinski definition) is 0. The summed E-state index contributed by atoms with van der Waals surface area (Å²) in [5, 5.41) is 0.152. The average Bonchev–Trinajstić information content (AvgIpc) is 2.44. The van der Waals surface area contributed by atoms with Crippen LogP contribution < -0.4 is 20.3 Å². The number of rotatable bonds is 1. The van der Waals surface area contributed by atoms with Crippen LogP contribution in [0.2, 0.25) is 0 Å². The van der Waals surface area contributed by atoms with Gasteiger partial charge in [0.15, 0.2) is 9.81 Å². The van der Waals surface area contributed by atoms with Gasteiger partial charge in [-0.25, -0.2) is 9.59 Å². The van der Waals surface area contributed by atoms with Crippen LogP contribution in [-0.4, -0.2) is 7.11 Å². The van der Waals surface area contributed by atoms with Crippen molar-refractivity contribution in [3.8, 4) is 5.75 Å². The molecule has 0 spiro atoms. The molecule has 70 valence electrons. The summed E-state index contributed by atoms with van der Waals surface area (Å²) < 4.78 is 4.73. The molecule has 0 fully saturated rings. The van der Waals surface area contributed by atoms with Crippen LogP contribution in [0.1, 0.15) is 0 Å². The maximum Gasteiger partial charge on any atom is 0.480 e. The van der Waals surface area contributed by atoms with Crippen molar-refractivity contribution in [1.29, 1.82) is 0 Å². The van der Waals surface area contributed by atoms with Gasteiger partial charge >= 0.3 is 11.1 Å². The van der Waals surface area contributed by atoms with Crippen molar-refractivity contribution < 1.29 is 9.16 Å². The summed E-state index contributed by atoms with van der Waals surface area (Å²) >= 11 is 0. The molecule has 0 bridgehead atoms. The van der Waals surface area contributed by atoms with Crippen molar-refractivity contribution in [1.82, 2.24) is 0 Å². The van der Waals surface area contributed by atoms with Crippen LogP contribution in [0.25, 0.3) is 10.8 Å². The predicted octanol–water partition coefficient (Wildman–Crippen LogP) is -0.641. The molecule has 5 nitrogen and oxygen atoms in total. The van der Waals surface area contributed by atoms with Crippen LogP contribution in [0.15, 0.2) is 27.8 Å². The second-order valence-corrected chi connectivity index (χ2v) is 2.79. The monoisotopic (exact) mass is 192 g/mol. The van der Waals surface area contributed by atoms with Crippen LogP contribution >= 0.6 is 0 Å². The van der Waals surface area contributed by atoms with Crippen LogP contribution in [0.3, 0.4) is 0 Å². The first-order valence-electron chi connectivity index (χ1n) is 3.89. The molecular formula is C9H6NO4+. The second kappa shape index (κ2) is 2.73. The van der Waals surface area contributed by atoms with E-state index in [1.807, 2.05) is 0 Å². The Bertz CT molecular complexity index is 637. The van der Waals surface area contributed by atoms with E-state index in [2.05, 4.69) is 0 Å². The molecule has 1 aromatic carbocycles. The van der Waals surface area contributed by atoms with Crippen LogP contribution in [0.4, 0.5) is 0 Å². The normalized spacial score (nSPS) is 10.6. The molecule has 0 aliphatic rings. The Morgan fingerprint density at radius 2 is 1.93 bits per heavy atom. The first-order valence-corrected chi connectivity index (χ1v) is 3.89. The van der Waals surface area contributed by atoms with Gasteiger partial charge in [0.2, 0.25) is 0 Å². The number of aromatic nitrogens is 1. The van der Waals surface area contributed by atoms with Gasteiger partial charge in [0, 0.05) is 4.91 Å². The summed E-state index contributed by atoms with van der Waals surface area (Å²) in [4.78, 5) is 33.5. The number of benzene rings is 1. The first-order chi connectivity index (χ1) is 6.66. The second-order valence-electron chi connectivity index (χ2n) is 2.79. The van der Waals surface area contributed by atoms with Gasteiger partial charge in [-0.3, -0.25) is 0 Å². The zero-order valence-corrected chi connectivity index (χ0v) is 7.31. The molecule has 0 saturated heterocycles. The number of methoxy groups -OCH3 is 1. The maximum absolute atomic E-state index is 11.3. The summed E-state index contributed by atoms with van der Waals surface area (Å²) in [5.74, 6) is 0.249. The smallest absolute Gasteiger partial charge is 0.480 e. The molecule has 0 unspecified atom stereocenters. The standard InChI is InChI=1S/C9H6NO4/c1-14-6-4-2-3-5-7(6)9(12)10(13)8(5)11/h2-4H,1H3/q+1. The Balaban J connectivity index is 3.19. The Morgan fingerprint density at radius 3 is 2.57 bits per heavy atom. The summed E-state index contributed by atoms with van der Waals surface area (Å²) in [7, 11) is 1.38. The van der Waals surface area contributed by atoms with E-state index >= 15 is 0 Å². The highest BCUT2D eigenvalue weighted by Gasteiger charge is 2.24. The molecule has 1 heterocycles. The van der Waals surface area contributed by atoms with Crippen molar-refractivity contribution in [2.45, 2.75) is 0 Å². The highest BCUT2D eigenvalue weighted by atomic mass is 16.5. The number of fused-ring (bicyclic) bond motifs is 1. The molecule has 5 heteroatoms. The fourth-order valence-electron chi connectivity index (χ4n) is 1.40. The molecule has 14 heavy (non-hydrogen) atoms. The lowest BCUT2D eigenvalue weighted by Gasteiger charge is -1.95. The Hall–Kier alpha value is -2.04. The summed E-state index contributed by atoms with van der Waals surface area (Å²) in [6.45, 7) is 0. The molecule has 0 saturated carbocycles. The van der Waals surface area contributed by atoms with Gasteiger partial charge < -0.3 is 4.74 Å². The fourth-order valence-corrected chi connectivity index (χ4v) is 1.40. The minimum atomic E-state index is -0.859. The van der Waals surface area contributed by atoms with Gasteiger partial charge in [-0.1, -0.05) is 6.07 Å². The lowest BCUT2D eigenvalue weighted by Crippen LogP contribution is -2.42. The van der Waals surface area contributed by atoms with Crippen molar-refractivity contribution in [2.24, 2.45) is 0 Å². The lowest BCUT2D eigenvalue weighted by molar-refractivity contribution is -0.521. The topological polar surface area (TPSA) is 66.3 Å². The maximum atomic E-state index is 11.3. The third-order valence-corrected chi connectivity index (χ3v) is 2.06. The Kier molecular flexibility index (Phi) is 1.67.